The van der Waals surface area contributed by atoms with E-state index in [4.69, 9.17) is 4.74 Å². The number of halogens is 1. The fraction of sp³-hybridized carbons (Fsp3) is 0.714. The first-order valence-corrected chi connectivity index (χ1v) is 10.5. The Morgan fingerprint density at radius 2 is 2.07 bits per heavy atom. The lowest BCUT2D eigenvalue weighted by Crippen LogP contribution is -2.50. The second-order valence-electron chi connectivity index (χ2n) is 7.65. The van der Waals surface area contributed by atoms with Crippen molar-refractivity contribution in [3.05, 3.63) is 23.9 Å². The van der Waals surface area contributed by atoms with Crippen LogP contribution in [0, 0.1) is 5.92 Å². The lowest BCUT2D eigenvalue weighted by atomic mass is 10.2. The standard InChI is InChI=1S/C21H38N6O.HI/c1-6-27(7-2)20-9-8-18(12-23-20)13-24-21(22-5)25-14-19-16-26(10-11-28-19)15-17(3)4;/h8-9,12,17,19H,6-7,10-11,13-16H2,1-5H3,(H2,22,24,25);1H. The highest BCUT2D eigenvalue weighted by Gasteiger charge is 2.21. The predicted molar refractivity (Wildman–Crippen MR) is 132 cm³/mol. The predicted octanol–water partition coefficient (Wildman–Crippen LogP) is 2.57. The molecule has 1 fully saturated rings. The summed E-state index contributed by atoms with van der Waals surface area (Å²) in [4.78, 5) is 13.6. The third-order valence-electron chi connectivity index (χ3n) is 4.92. The molecule has 0 aliphatic carbocycles. The Kier molecular flexibility index (Phi) is 12.5. The Morgan fingerprint density at radius 1 is 1.31 bits per heavy atom. The van der Waals surface area contributed by atoms with Crippen LogP contribution in [0.3, 0.4) is 0 Å². The second kappa shape index (κ2) is 14.0. The molecule has 1 aliphatic heterocycles. The van der Waals surface area contributed by atoms with Crippen LogP contribution in [0.2, 0.25) is 0 Å². The maximum absolute atomic E-state index is 5.90. The van der Waals surface area contributed by atoms with E-state index in [1.54, 1.807) is 7.05 Å². The minimum absolute atomic E-state index is 0. The van der Waals surface area contributed by atoms with Crippen molar-refractivity contribution in [1.82, 2.24) is 20.5 Å². The Hall–Kier alpha value is -1.13. The Balaban J connectivity index is 0.00000420. The van der Waals surface area contributed by atoms with Gasteiger partial charge in [-0.3, -0.25) is 9.89 Å². The third-order valence-corrected chi connectivity index (χ3v) is 4.92. The molecule has 0 amide bonds. The van der Waals surface area contributed by atoms with Gasteiger partial charge in [0.2, 0.25) is 0 Å². The van der Waals surface area contributed by atoms with Crippen LogP contribution < -0.4 is 15.5 Å². The van der Waals surface area contributed by atoms with E-state index in [1.165, 1.54) is 0 Å². The number of aromatic nitrogens is 1. The first kappa shape index (κ1) is 25.9. The van der Waals surface area contributed by atoms with Gasteiger partial charge in [-0.1, -0.05) is 19.9 Å². The highest BCUT2D eigenvalue weighted by Crippen LogP contribution is 2.11. The van der Waals surface area contributed by atoms with E-state index < -0.39 is 0 Å². The lowest BCUT2D eigenvalue weighted by Gasteiger charge is -2.34. The van der Waals surface area contributed by atoms with Crippen molar-refractivity contribution in [2.75, 3.05) is 57.8 Å². The number of anilines is 1. The number of hydrogen-bond acceptors (Lipinski definition) is 5. The molecule has 2 heterocycles. The number of ether oxygens (including phenoxy) is 1. The molecule has 0 radical (unpaired) electrons. The summed E-state index contributed by atoms with van der Waals surface area (Å²) in [7, 11) is 1.80. The van der Waals surface area contributed by atoms with Gasteiger partial charge in [-0.15, -0.1) is 24.0 Å². The van der Waals surface area contributed by atoms with Gasteiger partial charge in [0.05, 0.1) is 12.7 Å². The first-order chi connectivity index (χ1) is 13.5. The van der Waals surface area contributed by atoms with Crippen molar-refractivity contribution in [1.29, 1.82) is 0 Å². The lowest BCUT2D eigenvalue weighted by molar-refractivity contribution is -0.0284. The Bertz CT molecular complexity index is 591. The molecule has 2 rings (SSSR count). The molecule has 1 aliphatic rings. The molecule has 1 aromatic heterocycles. The molecule has 8 heteroatoms. The quantitative estimate of drug-likeness (QED) is 0.298. The zero-order chi connectivity index (χ0) is 20.4. The number of nitrogens with one attached hydrogen (secondary N) is 2. The number of nitrogens with zero attached hydrogens (tertiary/aromatic N) is 4. The summed E-state index contributed by atoms with van der Waals surface area (Å²) < 4.78 is 5.90. The van der Waals surface area contributed by atoms with Gasteiger partial charge in [0.15, 0.2) is 5.96 Å². The Labute approximate surface area is 193 Å². The fourth-order valence-corrected chi connectivity index (χ4v) is 3.46. The maximum atomic E-state index is 5.90. The van der Waals surface area contributed by atoms with Crippen molar-refractivity contribution >= 4 is 35.8 Å². The summed E-state index contributed by atoms with van der Waals surface area (Å²) in [5.41, 5.74) is 1.14. The fourth-order valence-electron chi connectivity index (χ4n) is 3.46. The average molecular weight is 518 g/mol. The molecule has 2 N–H and O–H groups in total. The summed E-state index contributed by atoms with van der Waals surface area (Å²) >= 11 is 0. The van der Waals surface area contributed by atoms with Gasteiger partial charge in [-0.05, 0) is 31.4 Å². The van der Waals surface area contributed by atoms with E-state index in [-0.39, 0.29) is 30.1 Å². The summed E-state index contributed by atoms with van der Waals surface area (Å²) in [5.74, 6) is 2.50. The smallest absolute Gasteiger partial charge is 0.191 e. The van der Waals surface area contributed by atoms with Crippen LogP contribution in [0.4, 0.5) is 5.82 Å². The molecule has 1 aromatic rings. The summed E-state index contributed by atoms with van der Waals surface area (Å²) in [6.07, 6.45) is 2.13. The molecule has 29 heavy (non-hydrogen) atoms. The highest BCUT2D eigenvalue weighted by molar-refractivity contribution is 14.0. The van der Waals surface area contributed by atoms with Crippen LogP contribution in [0.5, 0.6) is 0 Å². The molecule has 0 spiro atoms. The molecule has 1 atom stereocenters. The first-order valence-electron chi connectivity index (χ1n) is 10.5. The van der Waals surface area contributed by atoms with E-state index in [9.17, 15) is 0 Å². The molecule has 7 nitrogen and oxygen atoms in total. The van der Waals surface area contributed by atoms with E-state index in [0.29, 0.717) is 12.5 Å². The molecular weight excluding hydrogens is 479 g/mol. The number of pyridine rings is 1. The van der Waals surface area contributed by atoms with Crippen LogP contribution in [0.1, 0.15) is 33.3 Å². The topological polar surface area (TPSA) is 65.0 Å². The molecule has 0 aromatic carbocycles. The van der Waals surface area contributed by atoms with Crippen molar-refractivity contribution in [2.45, 2.75) is 40.3 Å². The van der Waals surface area contributed by atoms with Gasteiger partial charge in [-0.25, -0.2) is 4.98 Å². The number of rotatable bonds is 9. The van der Waals surface area contributed by atoms with Gasteiger partial charge in [-0.2, -0.15) is 0 Å². The highest BCUT2D eigenvalue weighted by atomic mass is 127. The van der Waals surface area contributed by atoms with E-state index in [0.717, 1.165) is 63.2 Å². The normalized spacial score (nSPS) is 17.7. The largest absolute Gasteiger partial charge is 0.374 e. The molecular formula is C21H39IN6O. The van der Waals surface area contributed by atoms with E-state index in [1.807, 2.05) is 6.20 Å². The Morgan fingerprint density at radius 3 is 2.66 bits per heavy atom. The van der Waals surface area contributed by atoms with Gasteiger partial charge in [0.1, 0.15) is 5.82 Å². The van der Waals surface area contributed by atoms with Gasteiger partial charge in [0, 0.05) is 59.1 Å². The van der Waals surface area contributed by atoms with Gasteiger partial charge < -0.3 is 20.3 Å². The van der Waals surface area contributed by atoms with Crippen molar-refractivity contribution in [2.24, 2.45) is 10.9 Å². The number of morpholine rings is 1. The molecule has 0 bridgehead atoms. The molecule has 166 valence electrons. The van der Waals surface area contributed by atoms with Gasteiger partial charge in [0.25, 0.3) is 0 Å². The third kappa shape index (κ3) is 9.04. The zero-order valence-electron chi connectivity index (χ0n) is 18.6. The van der Waals surface area contributed by atoms with Crippen LogP contribution in [-0.4, -0.2) is 74.9 Å². The SMILES string of the molecule is CCN(CC)c1ccc(CNC(=NC)NCC2CN(CC(C)C)CCO2)cn1.I. The summed E-state index contributed by atoms with van der Waals surface area (Å²) in [5, 5.41) is 6.75. The van der Waals surface area contributed by atoms with Crippen LogP contribution >= 0.6 is 24.0 Å². The minimum atomic E-state index is 0. The minimum Gasteiger partial charge on any atom is -0.374 e. The maximum Gasteiger partial charge on any atom is 0.191 e. The second-order valence-corrected chi connectivity index (χ2v) is 7.65. The van der Waals surface area contributed by atoms with Crippen molar-refractivity contribution < 1.29 is 4.74 Å². The number of hydrogen-bond donors (Lipinski definition) is 2. The van der Waals surface area contributed by atoms with Crippen molar-refractivity contribution in [3.63, 3.8) is 0 Å². The molecule has 1 saturated heterocycles. The summed E-state index contributed by atoms with van der Waals surface area (Å²) in [6.45, 7) is 16.1. The molecule has 0 saturated carbocycles. The van der Waals surface area contributed by atoms with Crippen LogP contribution in [0.25, 0.3) is 0 Å². The van der Waals surface area contributed by atoms with Crippen LogP contribution in [0.15, 0.2) is 23.3 Å². The average Bonchev–Trinajstić information content (AvgIpc) is 2.70. The van der Waals surface area contributed by atoms with Crippen molar-refractivity contribution in [3.8, 4) is 0 Å². The van der Waals surface area contributed by atoms with Crippen LogP contribution in [-0.2, 0) is 11.3 Å². The molecule has 1 unspecified atom stereocenters. The van der Waals surface area contributed by atoms with E-state index >= 15 is 0 Å². The van der Waals surface area contributed by atoms with E-state index in [2.05, 4.69) is 70.2 Å². The van der Waals surface area contributed by atoms with Gasteiger partial charge >= 0.3 is 0 Å². The summed E-state index contributed by atoms with van der Waals surface area (Å²) in [6, 6.07) is 4.20. The zero-order valence-corrected chi connectivity index (χ0v) is 21.0. The number of aliphatic imine (C=N–C) groups is 1. The monoisotopic (exact) mass is 518 g/mol. The number of guanidine groups is 1.